The van der Waals surface area contributed by atoms with Gasteiger partial charge >= 0.3 is 0 Å². The number of benzene rings is 1. The molecule has 0 unspecified atom stereocenters. The third-order valence-electron chi connectivity index (χ3n) is 2.11. The van der Waals surface area contributed by atoms with Crippen molar-refractivity contribution >= 4 is 11.6 Å². The van der Waals surface area contributed by atoms with Crippen molar-refractivity contribution in [1.29, 1.82) is 0 Å². The lowest BCUT2D eigenvalue weighted by atomic mass is 10.1. The summed E-state index contributed by atoms with van der Waals surface area (Å²) in [6.07, 6.45) is 0. The van der Waals surface area contributed by atoms with Crippen molar-refractivity contribution in [2.24, 2.45) is 0 Å². The molecule has 0 bridgehead atoms. The third kappa shape index (κ3) is 2.46. The number of aliphatic hydroxyl groups is 1. The van der Waals surface area contributed by atoms with Crippen LogP contribution in [0.5, 0.6) is 0 Å². The minimum atomic E-state index is -0.972. The lowest BCUT2D eigenvalue weighted by molar-refractivity contribution is 0.0766. The summed E-state index contributed by atoms with van der Waals surface area (Å²) in [6.45, 7) is -0.130. The summed E-state index contributed by atoms with van der Waals surface area (Å²) in [6, 6.07) is 1.74. The van der Waals surface area contributed by atoms with E-state index in [0.717, 1.165) is 17.0 Å². The van der Waals surface area contributed by atoms with E-state index < -0.39 is 23.2 Å². The van der Waals surface area contributed by atoms with Crippen LogP contribution in [0.4, 0.5) is 14.5 Å². The Bertz CT molecular complexity index is 387. The molecule has 0 aliphatic carbocycles. The van der Waals surface area contributed by atoms with E-state index in [4.69, 9.17) is 10.8 Å². The zero-order chi connectivity index (χ0) is 12.3. The van der Waals surface area contributed by atoms with Crippen LogP contribution in [-0.4, -0.2) is 36.1 Å². The second-order valence-electron chi connectivity index (χ2n) is 3.30. The van der Waals surface area contributed by atoms with Gasteiger partial charge in [-0.2, -0.15) is 0 Å². The van der Waals surface area contributed by atoms with E-state index in [2.05, 4.69) is 0 Å². The van der Waals surface area contributed by atoms with Crippen molar-refractivity contribution in [3.8, 4) is 0 Å². The first-order valence-corrected chi connectivity index (χ1v) is 4.58. The average Bonchev–Trinajstić information content (AvgIpc) is 2.24. The number of carbonyl (C=O) groups excluding carboxylic acids is 1. The molecule has 0 saturated carbocycles. The molecule has 0 radical (unpaired) electrons. The number of amides is 1. The van der Waals surface area contributed by atoms with Gasteiger partial charge in [0.05, 0.1) is 6.61 Å². The van der Waals surface area contributed by atoms with Crippen molar-refractivity contribution < 1.29 is 18.7 Å². The number of aliphatic hydroxyl groups excluding tert-OH is 1. The first kappa shape index (κ1) is 12.4. The molecule has 0 aliphatic rings. The van der Waals surface area contributed by atoms with Crippen LogP contribution < -0.4 is 5.73 Å². The van der Waals surface area contributed by atoms with Gasteiger partial charge in [-0.1, -0.05) is 0 Å². The molecule has 1 aromatic rings. The molecule has 1 rings (SSSR count). The molecule has 0 fully saturated rings. The molecule has 3 N–H and O–H groups in total. The highest BCUT2D eigenvalue weighted by Crippen LogP contribution is 2.18. The zero-order valence-electron chi connectivity index (χ0n) is 8.70. The van der Waals surface area contributed by atoms with Crippen LogP contribution in [0.3, 0.4) is 0 Å². The SMILES string of the molecule is CN(CCO)C(=O)c1cc(F)c(N)c(F)c1. The van der Waals surface area contributed by atoms with E-state index in [9.17, 15) is 13.6 Å². The Balaban J connectivity index is 3.01. The van der Waals surface area contributed by atoms with Gasteiger partial charge in [0.25, 0.3) is 5.91 Å². The van der Waals surface area contributed by atoms with Crippen LogP contribution in [0.1, 0.15) is 10.4 Å². The molecule has 1 amide bonds. The first-order chi connectivity index (χ1) is 7.47. The Morgan fingerprint density at radius 3 is 2.38 bits per heavy atom. The van der Waals surface area contributed by atoms with Gasteiger partial charge in [-0.3, -0.25) is 4.79 Å². The number of anilines is 1. The molecule has 0 aromatic heterocycles. The number of halogens is 2. The number of hydrogen-bond acceptors (Lipinski definition) is 3. The van der Waals surface area contributed by atoms with Crippen LogP contribution >= 0.6 is 0 Å². The molecule has 88 valence electrons. The lowest BCUT2D eigenvalue weighted by Gasteiger charge is -2.15. The van der Waals surface area contributed by atoms with Crippen LogP contribution in [0.25, 0.3) is 0 Å². The molecule has 1 aromatic carbocycles. The van der Waals surface area contributed by atoms with Gasteiger partial charge in [-0.25, -0.2) is 8.78 Å². The molecule has 0 atom stereocenters. The molecule has 0 saturated heterocycles. The summed E-state index contributed by atoms with van der Waals surface area (Å²) in [5.41, 5.74) is 4.32. The fourth-order valence-corrected chi connectivity index (χ4v) is 1.18. The number of carbonyl (C=O) groups is 1. The molecular weight excluding hydrogens is 218 g/mol. The quantitative estimate of drug-likeness (QED) is 0.748. The number of nitrogens with two attached hydrogens (primary N) is 1. The molecular formula is C10H12F2N2O2. The second kappa shape index (κ2) is 4.89. The average molecular weight is 230 g/mol. The maximum absolute atomic E-state index is 13.1. The normalized spacial score (nSPS) is 10.2. The van der Waals surface area contributed by atoms with E-state index >= 15 is 0 Å². The predicted octanol–water partition coefficient (Wildman–Crippen LogP) is 0.611. The van der Waals surface area contributed by atoms with E-state index in [0.29, 0.717) is 0 Å². The van der Waals surface area contributed by atoms with Gasteiger partial charge in [0, 0.05) is 19.2 Å². The van der Waals surface area contributed by atoms with Crippen molar-refractivity contribution in [1.82, 2.24) is 4.90 Å². The molecule has 0 aliphatic heterocycles. The maximum Gasteiger partial charge on any atom is 0.253 e. The van der Waals surface area contributed by atoms with Crippen molar-refractivity contribution in [3.05, 3.63) is 29.3 Å². The zero-order valence-corrected chi connectivity index (χ0v) is 8.70. The number of nitrogens with zero attached hydrogens (tertiary/aromatic N) is 1. The second-order valence-corrected chi connectivity index (χ2v) is 3.30. The summed E-state index contributed by atoms with van der Waals surface area (Å²) < 4.78 is 26.1. The van der Waals surface area contributed by atoms with Gasteiger partial charge in [0.15, 0.2) is 0 Å². The summed E-state index contributed by atoms with van der Waals surface area (Å²) >= 11 is 0. The number of rotatable bonds is 3. The van der Waals surface area contributed by atoms with Gasteiger partial charge in [-0.15, -0.1) is 0 Å². The summed E-state index contributed by atoms with van der Waals surface area (Å²) in [5.74, 6) is -2.52. The Morgan fingerprint density at radius 1 is 1.44 bits per heavy atom. The Morgan fingerprint density at radius 2 is 1.94 bits per heavy atom. The highest BCUT2D eigenvalue weighted by Gasteiger charge is 2.15. The maximum atomic E-state index is 13.1. The lowest BCUT2D eigenvalue weighted by Crippen LogP contribution is -2.29. The monoisotopic (exact) mass is 230 g/mol. The van der Waals surface area contributed by atoms with Crippen LogP contribution in [0.2, 0.25) is 0 Å². The van der Waals surface area contributed by atoms with E-state index in [-0.39, 0.29) is 18.7 Å². The van der Waals surface area contributed by atoms with Crippen molar-refractivity contribution in [2.75, 3.05) is 25.9 Å². The first-order valence-electron chi connectivity index (χ1n) is 4.58. The third-order valence-corrected chi connectivity index (χ3v) is 2.11. The fourth-order valence-electron chi connectivity index (χ4n) is 1.18. The Labute approximate surface area is 91.3 Å². The number of nitrogen functional groups attached to an aromatic ring is 1. The van der Waals surface area contributed by atoms with Crippen molar-refractivity contribution in [2.45, 2.75) is 0 Å². The summed E-state index contributed by atoms with van der Waals surface area (Å²) in [7, 11) is 1.42. The fraction of sp³-hybridized carbons (Fsp3) is 0.300. The highest BCUT2D eigenvalue weighted by molar-refractivity contribution is 5.94. The van der Waals surface area contributed by atoms with Crippen LogP contribution in [0, 0.1) is 11.6 Å². The number of likely N-dealkylation sites (N-methyl/N-ethyl adjacent to an activating group) is 1. The summed E-state index contributed by atoms with van der Waals surface area (Å²) in [5, 5.41) is 8.62. The Kier molecular flexibility index (Phi) is 3.78. The summed E-state index contributed by atoms with van der Waals surface area (Å²) in [4.78, 5) is 12.7. The van der Waals surface area contributed by atoms with Crippen LogP contribution in [-0.2, 0) is 0 Å². The minimum absolute atomic E-state index is 0.0897. The van der Waals surface area contributed by atoms with Crippen LogP contribution in [0.15, 0.2) is 12.1 Å². The van der Waals surface area contributed by atoms with Gasteiger partial charge in [0.1, 0.15) is 17.3 Å². The van der Waals surface area contributed by atoms with E-state index in [1.54, 1.807) is 0 Å². The molecule has 4 nitrogen and oxygen atoms in total. The number of hydrogen-bond donors (Lipinski definition) is 2. The largest absolute Gasteiger partial charge is 0.395 e. The van der Waals surface area contributed by atoms with Gasteiger partial charge in [0.2, 0.25) is 0 Å². The molecule has 0 heterocycles. The molecule has 16 heavy (non-hydrogen) atoms. The van der Waals surface area contributed by atoms with Crippen molar-refractivity contribution in [3.63, 3.8) is 0 Å². The molecule has 6 heteroatoms. The van der Waals surface area contributed by atoms with E-state index in [1.165, 1.54) is 7.05 Å². The predicted molar refractivity (Wildman–Crippen MR) is 54.8 cm³/mol. The topological polar surface area (TPSA) is 66.6 Å². The molecule has 0 spiro atoms. The Hall–Kier alpha value is -1.69. The highest BCUT2D eigenvalue weighted by atomic mass is 19.1. The minimum Gasteiger partial charge on any atom is -0.395 e. The van der Waals surface area contributed by atoms with Gasteiger partial charge in [-0.05, 0) is 12.1 Å². The smallest absolute Gasteiger partial charge is 0.253 e. The standard InChI is InChI=1S/C10H12F2N2O2/c1-14(2-3-15)10(16)6-4-7(11)9(13)8(12)5-6/h4-5,15H,2-3,13H2,1H3. The van der Waals surface area contributed by atoms with Gasteiger partial charge < -0.3 is 15.7 Å². The van der Waals surface area contributed by atoms with E-state index in [1.807, 2.05) is 0 Å².